The Morgan fingerprint density at radius 2 is 2.12 bits per heavy atom. The quantitative estimate of drug-likeness (QED) is 0.785. The van der Waals surface area contributed by atoms with Gasteiger partial charge in [0.25, 0.3) is 0 Å². The molecule has 2 rings (SSSR count). The van der Waals surface area contributed by atoms with Crippen molar-refractivity contribution < 1.29 is 4.79 Å². The summed E-state index contributed by atoms with van der Waals surface area (Å²) >= 11 is 3.35. The van der Waals surface area contributed by atoms with Crippen LogP contribution in [0.3, 0.4) is 0 Å². The third-order valence-corrected chi connectivity index (χ3v) is 3.26. The van der Waals surface area contributed by atoms with Crippen LogP contribution in [-0.2, 0) is 0 Å². The molecule has 1 atom stereocenters. The monoisotopic (exact) mass is 297 g/mol. The van der Waals surface area contributed by atoms with Crippen molar-refractivity contribution in [3.63, 3.8) is 0 Å². The number of rotatable bonds is 2. The van der Waals surface area contributed by atoms with Gasteiger partial charge >= 0.3 is 6.03 Å². The molecule has 92 valence electrons. The average Bonchev–Trinajstić information content (AvgIpc) is 2.33. The highest BCUT2D eigenvalue weighted by Gasteiger charge is 2.14. The summed E-state index contributed by atoms with van der Waals surface area (Å²) in [5.41, 5.74) is 0.800. The van der Waals surface area contributed by atoms with Crippen LogP contribution in [0.15, 0.2) is 28.7 Å². The Kier molecular flexibility index (Phi) is 4.39. The fraction of sp³-hybridized carbons (Fsp3) is 0.417. The number of benzene rings is 1. The molecule has 1 aromatic rings. The van der Waals surface area contributed by atoms with Gasteiger partial charge < -0.3 is 16.0 Å². The maximum Gasteiger partial charge on any atom is 0.319 e. The van der Waals surface area contributed by atoms with E-state index in [0.29, 0.717) is 0 Å². The number of amides is 2. The summed E-state index contributed by atoms with van der Waals surface area (Å²) in [6.45, 7) is 1.90. The zero-order chi connectivity index (χ0) is 12.1. The number of piperidine rings is 1. The third kappa shape index (κ3) is 4.02. The van der Waals surface area contributed by atoms with Crippen LogP contribution in [-0.4, -0.2) is 25.2 Å². The lowest BCUT2D eigenvalue weighted by Crippen LogP contribution is -2.47. The van der Waals surface area contributed by atoms with E-state index >= 15 is 0 Å². The van der Waals surface area contributed by atoms with Crippen molar-refractivity contribution in [2.75, 3.05) is 18.4 Å². The Labute approximate surface area is 109 Å². The standard InChI is InChI=1S/C12H16BrN3O/c13-9-3-5-10(6-4-9)15-12(17)16-11-2-1-7-14-8-11/h3-6,11,14H,1-2,7-8H2,(H2,15,16,17). The molecule has 0 bridgehead atoms. The molecule has 1 fully saturated rings. The van der Waals surface area contributed by atoms with Crippen LogP contribution in [0.4, 0.5) is 10.5 Å². The number of nitrogens with one attached hydrogen (secondary N) is 3. The predicted octanol–water partition coefficient (Wildman–Crippen LogP) is 2.32. The van der Waals surface area contributed by atoms with E-state index in [1.54, 1.807) is 0 Å². The molecular weight excluding hydrogens is 282 g/mol. The summed E-state index contributed by atoms with van der Waals surface area (Å²) < 4.78 is 1.000. The molecule has 3 N–H and O–H groups in total. The highest BCUT2D eigenvalue weighted by molar-refractivity contribution is 9.10. The fourth-order valence-electron chi connectivity index (χ4n) is 1.86. The fourth-order valence-corrected chi connectivity index (χ4v) is 2.13. The van der Waals surface area contributed by atoms with E-state index in [-0.39, 0.29) is 12.1 Å². The summed E-state index contributed by atoms with van der Waals surface area (Å²) in [5, 5.41) is 9.04. The first kappa shape index (κ1) is 12.4. The van der Waals surface area contributed by atoms with Gasteiger partial charge in [-0.2, -0.15) is 0 Å². The van der Waals surface area contributed by atoms with Crippen molar-refractivity contribution in [1.29, 1.82) is 0 Å². The normalized spacial score (nSPS) is 19.7. The maximum absolute atomic E-state index is 11.7. The lowest BCUT2D eigenvalue weighted by Gasteiger charge is -2.23. The van der Waals surface area contributed by atoms with Crippen LogP contribution in [0, 0.1) is 0 Å². The molecule has 4 nitrogen and oxygen atoms in total. The molecule has 1 aliphatic heterocycles. The van der Waals surface area contributed by atoms with Gasteiger partial charge in [0.15, 0.2) is 0 Å². The van der Waals surface area contributed by atoms with E-state index in [9.17, 15) is 4.79 Å². The van der Waals surface area contributed by atoms with Gasteiger partial charge in [0.1, 0.15) is 0 Å². The van der Waals surface area contributed by atoms with E-state index in [1.807, 2.05) is 24.3 Å². The van der Waals surface area contributed by atoms with Gasteiger partial charge in [0.05, 0.1) is 0 Å². The number of halogens is 1. The molecule has 5 heteroatoms. The number of carbonyl (C=O) groups is 1. The maximum atomic E-state index is 11.7. The van der Waals surface area contributed by atoms with Crippen molar-refractivity contribution in [2.45, 2.75) is 18.9 Å². The SMILES string of the molecule is O=C(Nc1ccc(Br)cc1)NC1CCCNC1. The van der Waals surface area contributed by atoms with Crippen molar-refractivity contribution in [1.82, 2.24) is 10.6 Å². The number of hydrogen-bond acceptors (Lipinski definition) is 2. The van der Waals surface area contributed by atoms with Crippen molar-refractivity contribution in [3.05, 3.63) is 28.7 Å². The second kappa shape index (κ2) is 6.02. The molecule has 0 radical (unpaired) electrons. The molecule has 0 spiro atoms. The van der Waals surface area contributed by atoms with Crippen LogP contribution in [0.25, 0.3) is 0 Å². The Morgan fingerprint density at radius 1 is 1.35 bits per heavy atom. The molecule has 0 aromatic heterocycles. The lowest BCUT2D eigenvalue weighted by atomic mass is 10.1. The first-order valence-corrected chi connectivity index (χ1v) is 6.57. The first-order valence-electron chi connectivity index (χ1n) is 5.78. The largest absolute Gasteiger partial charge is 0.334 e. The van der Waals surface area contributed by atoms with Gasteiger partial charge in [-0.05, 0) is 43.7 Å². The van der Waals surface area contributed by atoms with E-state index < -0.39 is 0 Å². The van der Waals surface area contributed by atoms with E-state index in [2.05, 4.69) is 31.9 Å². The van der Waals surface area contributed by atoms with Crippen molar-refractivity contribution in [3.8, 4) is 0 Å². The Morgan fingerprint density at radius 3 is 2.76 bits per heavy atom. The molecule has 0 aliphatic carbocycles. The van der Waals surface area contributed by atoms with Gasteiger partial charge in [-0.15, -0.1) is 0 Å². The third-order valence-electron chi connectivity index (χ3n) is 2.73. The number of urea groups is 1. The molecule has 1 saturated heterocycles. The van der Waals surface area contributed by atoms with Crippen LogP contribution < -0.4 is 16.0 Å². The van der Waals surface area contributed by atoms with Crippen molar-refractivity contribution in [2.24, 2.45) is 0 Å². The Balaban J connectivity index is 1.82. The van der Waals surface area contributed by atoms with Gasteiger partial charge in [-0.1, -0.05) is 15.9 Å². The van der Waals surface area contributed by atoms with Gasteiger partial charge in [-0.3, -0.25) is 0 Å². The predicted molar refractivity (Wildman–Crippen MR) is 72.2 cm³/mol. The Hall–Kier alpha value is -1.07. The molecule has 1 unspecified atom stereocenters. The highest BCUT2D eigenvalue weighted by atomic mass is 79.9. The van der Waals surface area contributed by atoms with Gasteiger partial charge in [-0.25, -0.2) is 4.79 Å². The molecule has 2 amide bonds. The van der Waals surface area contributed by atoms with Crippen LogP contribution in [0.2, 0.25) is 0 Å². The van der Waals surface area contributed by atoms with Crippen molar-refractivity contribution >= 4 is 27.6 Å². The second-order valence-electron chi connectivity index (χ2n) is 4.15. The summed E-state index contributed by atoms with van der Waals surface area (Å²) in [5.74, 6) is 0. The molecule has 17 heavy (non-hydrogen) atoms. The molecule has 1 aliphatic rings. The highest BCUT2D eigenvalue weighted by Crippen LogP contribution is 2.14. The molecular formula is C12H16BrN3O. The number of hydrogen-bond donors (Lipinski definition) is 3. The van der Waals surface area contributed by atoms with Gasteiger partial charge in [0.2, 0.25) is 0 Å². The topological polar surface area (TPSA) is 53.2 Å². The minimum Gasteiger partial charge on any atom is -0.334 e. The van der Waals surface area contributed by atoms with E-state index in [0.717, 1.165) is 36.1 Å². The number of anilines is 1. The molecule has 0 saturated carbocycles. The van der Waals surface area contributed by atoms with Gasteiger partial charge in [0, 0.05) is 22.7 Å². The van der Waals surface area contributed by atoms with Crippen LogP contribution in [0.1, 0.15) is 12.8 Å². The average molecular weight is 298 g/mol. The first-order chi connectivity index (χ1) is 8.24. The minimum absolute atomic E-state index is 0.138. The molecule has 1 aromatic carbocycles. The minimum atomic E-state index is -0.138. The summed E-state index contributed by atoms with van der Waals surface area (Å²) in [6.07, 6.45) is 2.16. The van der Waals surface area contributed by atoms with Crippen LogP contribution >= 0.6 is 15.9 Å². The lowest BCUT2D eigenvalue weighted by molar-refractivity contribution is 0.245. The number of carbonyl (C=O) groups excluding carboxylic acids is 1. The zero-order valence-electron chi connectivity index (χ0n) is 9.50. The smallest absolute Gasteiger partial charge is 0.319 e. The summed E-state index contributed by atoms with van der Waals surface area (Å²) in [4.78, 5) is 11.7. The Bertz CT molecular complexity index is 374. The second-order valence-corrected chi connectivity index (χ2v) is 5.06. The van der Waals surface area contributed by atoms with E-state index in [4.69, 9.17) is 0 Å². The summed E-state index contributed by atoms with van der Waals surface area (Å²) in [6, 6.07) is 7.63. The zero-order valence-corrected chi connectivity index (χ0v) is 11.1. The van der Waals surface area contributed by atoms with Crippen LogP contribution in [0.5, 0.6) is 0 Å². The van der Waals surface area contributed by atoms with E-state index in [1.165, 1.54) is 0 Å². The molecule has 1 heterocycles. The summed E-state index contributed by atoms with van der Waals surface area (Å²) in [7, 11) is 0.